The molecule has 0 aromatic heterocycles. The number of benzene rings is 2. The molecule has 2 aromatic rings. The second-order valence-electron chi connectivity index (χ2n) is 8.59. The molecule has 0 unspecified atom stereocenters. The van der Waals surface area contributed by atoms with Gasteiger partial charge < -0.3 is 10.2 Å². The summed E-state index contributed by atoms with van der Waals surface area (Å²) < 4.78 is 26.6. The fourth-order valence-corrected chi connectivity index (χ4v) is 5.73. The smallest absolute Gasteiger partial charge is 0.243 e. The molecule has 0 radical (unpaired) electrons. The van der Waals surface area contributed by atoms with Gasteiger partial charge in [0, 0.05) is 45.1 Å². The fraction of sp³-hybridized carbons (Fsp3) is 0.462. The molecule has 7 nitrogen and oxygen atoms in total. The molecule has 184 valence electrons. The number of amides is 2. The first-order chi connectivity index (χ1) is 16.3. The molecule has 0 aliphatic carbocycles. The van der Waals surface area contributed by atoms with Crippen LogP contribution < -0.4 is 5.32 Å². The van der Waals surface area contributed by atoms with Crippen LogP contribution in [0.5, 0.6) is 0 Å². The van der Waals surface area contributed by atoms with Crippen molar-refractivity contribution in [3.63, 3.8) is 0 Å². The zero-order chi connectivity index (χ0) is 24.6. The minimum atomic E-state index is -3.49. The lowest BCUT2D eigenvalue weighted by atomic mass is 9.95. The monoisotopic (exact) mass is 485 g/mol. The Hall–Kier alpha value is -2.71. The maximum atomic E-state index is 12.6. The average molecular weight is 486 g/mol. The van der Waals surface area contributed by atoms with Gasteiger partial charge in [0.2, 0.25) is 21.8 Å². The first kappa shape index (κ1) is 25.9. The molecule has 1 saturated heterocycles. The molecule has 1 fully saturated rings. The van der Waals surface area contributed by atoms with Crippen molar-refractivity contribution in [3.05, 3.63) is 65.7 Å². The van der Waals surface area contributed by atoms with Gasteiger partial charge in [0.15, 0.2) is 0 Å². The Kier molecular flexibility index (Phi) is 9.24. The Balaban J connectivity index is 1.43. The van der Waals surface area contributed by atoms with Gasteiger partial charge in [-0.05, 0) is 42.5 Å². The van der Waals surface area contributed by atoms with E-state index in [1.165, 1.54) is 4.31 Å². The van der Waals surface area contributed by atoms with Crippen LogP contribution in [0.25, 0.3) is 0 Å². The minimum Gasteiger partial charge on any atom is -0.352 e. The van der Waals surface area contributed by atoms with Gasteiger partial charge in [0.05, 0.1) is 4.90 Å². The van der Waals surface area contributed by atoms with Gasteiger partial charge in [-0.3, -0.25) is 9.59 Å². The van der Waals surface area contributed by atoms with Crippen LogP contribution in [0.15, 0.2) is 59.5 Å². The second kappa shape index (κ2) is 12.1. The molecule has 0 bridgehead atoms. The van der Waals surface area contributed by atoms with Gasteiger partial charge in [-0.15, -0.1) is 0 Å². The van der Waals surface area contributed by atoms with E-state index in [2.05, 4.69) is 5.32 Å². The molecule has 1 aliphatic heterocycles. The quantitative estimate of drug-likeness (QED) is 0.560. The van der Waals surface area contributed by atoms with Crippen LogP contribution in [0.3, 0.4) is 0 Å². The van der Waals surface area contributed by atoms with E-state index in [4.69, 9.17) is 0 Å². The van der Waals surface area contributed by atoms with E-state index in [1.807, 2.05) is 49.1 Å². The molecule has 2 aromatic carbocycles. The van der Waals surface area contributed by atoms with Crippen molar-refractivity contribution in [1.29, 1.82) is 0 Å². The molecule has 0 atom stereocenters. The molecular weight excluding hydrogens is 450 g/mol. The number of piperidine rings is 1. The highest BCUT2D eigenvalue weighted by Gasteiger charge is 2.27. The largest absolute Gasteiger partial charge is 0.352 e. The van der Waals surface area contributed by atoms with Crippen molar-refractivity contribution in [2.24, 2.45) is 5.92 Å². The summed E-state index contributed by atoms with van der Waals surface area (Å²) in [5.74, 6) is 0.0131. The standard InChI is InChI=1S/C26H35N3O4S/c1-3-29(4-2)34(32,33)24-13-10-22(11-14-24)20-27-26(31)23-16-18-28(19-17-23)25(30)15-12-21-8-6-5-7-9-21/h5-11,13-14,23H,3-4,12,15-20H2,1-2H3,(H,27,31). The molecular formula is C26H35N3O4S. The van der Waals surface area contributed by atoms with Crippen LogP contribution in [0, 0.1) is 5.92 Å². The SMILES string of the molecule is CCN(CC)S(=O)(=O)c1ccc(CNC(=O)C2CCN(C(=O)CCc3ccccc3)CC2)cc1. The highest BCUT2D eigenvalue weighted by molar-refractivity contribution is 7.89. The molecule has 34 heavy (non-hydrogen) atoms. The lowest BCUT2D eigenvalue weighted by Crippen LogP contribution is -2.43. The van der Waals surface area contributed by atoms with Gasteiger partial charge in [-0.25, -0.2) is 8.42 Å². The normalized spacial score (nSPS) is 14.9. The van der Waals surface area contributed by atoms with Gasteiger partial charge in [0.25, 0.3) is 0 Å². The van der Waals surface area contributed by atoms with Crippen molar-refractivity contribution < 1.29 is 18.0 Å². The molecule has 1 heterocycles. The Morgan fingerprint density at radius 3 is 2.15 bits per heavy atom. The van der Waals surface area contributed by atoms with E-state index >= 15 is 0 Å². The van der Waals surface area contributed by atoms with Crippen LogP contribution in [0.2, 0.25) is 0 Å². The summed E-state index contributed by atoms with van der Waals surface area (Å²) in [4.78, 5) is 27.3. The van der Waals surface area contributed by atoms with E-state index < -0.39 is 10.0 Å². The summed E-state index contributed by atoms with van der Waals surface area (Å²) in [5.41, 5.74) is 2.00. The third-order valence-corrected chi connectivity index (χ3v) is 8.49. The van der Waals surface area contributed by atoms with Crippen LogP contribution in [0.4, 0.5) is 0 Å². The second-order valence-corrected chi connectivity index (χ2v) is 10.5. The first-order valence-corrected chi connectivity index (χ1v) is 13.5. The summed E-state index contributed by atoms with van der Waals surface area (Å²) in [7, 11) is -3.49. The zero-order valence-corrected chi connectivity index (χ0v) is 20.9. The highest BCUT2D eigenvalue weighted by Crippen LogP contribution is 2.20. The van der Waals surface area contributed by atoms with Crippen LogP contribution >= 0.6 is 0 Å². The number of sulfonamides is 1. The minimum absolute atomic E-state index is 0.0174. The van der Waals surface area contributed by atoms with Crippen molar-refractivity contribution in [2.45, 2.75) is 51.0 Å². The van der Waals surface area contributed by atoms with Crippen LogP contribution in [-0.4, -0.2) is 55.6 Å². The number of hydrogen-bond donors (Lipinski definition) is 1. The number of hydrogen-bond acceptors (Lipinski definition) is 4. The number of nitrogens with zero attached hydrogens (tertiary/aromatic N) is 2. The summed E-state index contributed by atoms with van der Waals surface area (Å²) in [6.45, 7) is 6.03. The Bertz CT molecular complexity index is 1040. The number of rotatable bonds is 10. The van der Waals surface area contributed by atoms with E-state index in [0.29, 0.717) is 52.0 Å². The van der Waals surface area contributed by atoms with Crippen LogP contribution in [0.1, 0.15) is 44.2 Å². The maximum absolute atomic E-state index is 12.6. The Labute approximate surface area is 203 Å². The third-order valence-electron chi connectivity index (χ3n) is 6.42. The lowest BCUT2D eigenvalue weighted by molar-refractivity contribution is -0.135. The number of carbonyl (C=O) groups excluding carboxylic acids is 2. The van der Waals surface area contributed by atoms with Gasteiger partial charge >= 0.3 is 0 Å². The Morgan fingerprint density at radius 2 is 1.56 bits per heavy atom. The average Bonchev–Trinajstić information content (AvgIpc) is 2.87. The van der Waals surface area contributed by atoms with E-state index in [9.17, 15) is 18.0 Å². The zero-order valence-electron chi connectivity index (χ0n) is 20.1. The fourth-order valence-electron chi connectivity index (χ4n) is 4.27. The van der Waals surface area contributed by atoms with E-state index in [1.54, 1.807) is 24.3 Å². The molecule has 3 rings (SSSR count). The van der Waals surface area contributed by atoms with Gasteiger partial charge in [0.1, 0.15) is 0 Å². The van der Waals surface area contributed by atoms with Crippen molar-refractivity contribution in [2.75, 3.05) is 26.2 Å². The first-order valence-electron chi connectivity index (χ1n) is 12.0. The predicted molar refractivity (Wildman–Crippen MR) is 132 cm³/mol. The van der Waals surface area contributed by atoms with Crippen molar-refractivity contribution in [3.8, 4) is 0 Å². The molecule has 8 heteroatoms. The molecule has 1 N–H and O–H groups in total. The van der Waals surface area contributed by atoms with Crippen molar-refractivity contribution >= 4 is 21.8 Å². The molecule has 0 spiro atoms. The van der Waals surface area contributed by atoms with Gasteiger partial charge in [-0.1, -0.05) is 56.3 Å². The predicted octanol–water partition coefficient (Wildman–Crippen LogP) is 3.20. The molecule has 2 amide bonds. The van der Waals surface area contributed by atoms with Crippen LogP contribution in [-0.2, 0) is 32.6 Å². The summed E-state index contributed by atoms with van der Waals surface area (Å²) >= 11 is 0. The number of nitrogens with one attached hydrogen (secondary N) is 1. The summed E-state index contributed by atoms with van der Waals surface area (Å²) in [5, 5.41) is 2.96. The number of carbonyl (C=O) groups is 2. The highest BCUT2D eigenvalue weighted by atomic mass is 32.2. The van der Waals surface area contributed by atoms with Gasteiger partial charge in [-0.2, -0.15) is 4.31 Å². The summed E-state index contributed by atoms with van der Waals surface area (Å²) in [6.07, 6.45) is 2.53. The maximum Gasteiger partial charge on any atom is 0.243 e. The molecule has 0 saturated carbocycles. The van der Waals surface area contributed by atoms with E-state index in [0.717, 1.165) is 17.5 Å². The van der Waals surface area contributed by atoms with E-state index in [-0.39, 0.29) is 22.6 Å². The topological polar surface area (TPSA) is 86.8 Å². The van der Waals surface area contributed by atoms with Crippen molar-refractivity contribution in [1.82, 2.24) is 14.5 Å². The summed E-state index contributed by atoms with van der Waals surface area (Å²) in [6, 6.07) is 16.6. The lowest BCUT2D eigenvalue weighted by Gasteiger charge is -2.31. The number of likely N-dealkylation sites (tertiary alicyclic amines) is 1. The third kappa shape index (κ3) is 6.67. The molecule has 1 aliphatic rings. The number of aryl methyl sites for hydroxylation is 1. The Morgan fingerprint density at radius 1 is 0.941 bits per heavy atom.